The fourth-order valence-corrected chi connectivity index (χ4v) is 7.27. The van der Waals surface area contributed by atoms with Crippen LogP contribution in [0.4, 0.5) is 0 Å². The molecule has 2 aromatic carbocycles. The van der Waals surface area contributed by atoms with Crippen LogP contribution in [0.2, 0.25) is 0 Å². The van der Waals surface area contributed by atoms with Crippen molar-refractivity contribution in [1.29, 1.82) is 0 Å². The lowest BCUT2D eigenvalue weighted by atomic mass is 9.74. The van der Waals surface area contributed by atoms with Gasteiger partial charge in [0.2, 0.25) is 5.91 Å². The van der Waals surface area contributed by atoms with Crippen LogP contribution in [0.15, 0.2) is 79.1 Å². The number of aliphatic hydroxyl groups excluding tert-OH is 1. The summed E-state index contributed by atoms with van der Waals surface area (Å²) < 4.78 is 22.0. The molecule has 1 fully saturated rings. The molecule has 0 saturated carbocycles. The van der Waals surface area contributed by atoms with Crippen molar-refractivity contribution < 1.29 is 38.4 Å². The van der Waals surface area contributed by atoms with Gasteiger partial charge in [0, 0.05) is 36.3 Å². The van der Waals surface area contributed by atoms with Crippen molar-refractivity contribution >= 4 is 23.4 Å². The lowest BCUT2D eigenvalue weighted by Crippen LogP contribution is -2.62. The number of benzene rings is 2. The Labute approximate surface area is 309 Å². The zero-order chi connectivity index (χ0) is 37.8. The zero-order valence-electron chi connectivity index (χ0n) is 31.5. The fraction of sp³-hybridized carbons (Fsp3) is 0.465. The van der Waals surface area contributed by atoms with Gasteiger partial charge in [0.25, 0.3) is 0 Å². The second-order valence-corrected chi connectivity index (χ2v) is 13.7. The molecule has 0 aromatic heterocycles. The van der Waals surface area contributed by atoms with E-state index in [1.807, 2.05) is 57.2 Å². The monoisotopic (exact) mass is 713 g/mol. The number of nitrogens with zero attached hydrogens (tertiary/aromatic N) is 1. The van der Waals surface area contributed by atoms with E-state index in [1.165, 1.54) is 44.9 Å². The summed E-state index contributed by atoms with van der Waals surface area (Å²) in [6.45, 7) is 17.3. The molecular weight excluding hydrogens is 658 g/mol. The Morgan fingerprint density at radius 1 is 1.00 bits per heavy atom. The van der Waals surface area contributed by atoms with Gasteiger partial charge < -0.3 is 29.0 Å². The molecule has 0 spiro atoms. The number of β-lactam (4-membered cyclic amide) rings is 1. The first-order valence-corrected chi connectivity index (χ1v) is 18.5. The van der Waals surface area contributed by atoms with E-state index in [2.05, 4.69) is 20.1 Å². The fourth-order valence-electron chi connectivity index (χ4n) is 7.27. The summed E-state index contributed by atoms with van der Waals surface area (Å²) >= 11 is 0. The van der Waals surface area contributed by atoms with Crippen molar-refractivity contribution in [2.45, 2.75) is 72.3 Å². The third-order valence-electron chi connectivity index (χ3n) is 9.85. The topological polar surface area (TPSA) is 112 Å². The number of carbonyl (C=O) groups is 3. The minimum absolute atomic E-state index is 0.0454. The number of amides is 1. The standard InChI is InChI=1S/C34H37NO7.C9H18O/c1-6-15-41-34(39)32-26(20(4)31-29(19(2)3)33(38)35(31)32)18-42-27-11-7-10-22-25(17-28(37)40-5)24-16-21(9-8-14-36)12-13-23(24)30(22)27;1-3-5-6-7-9-10-8-4-2/h6-7,10-13,16-17,19-20,29,31,36H,1,8-9,14-15,18H2,2-5H3;4H,2-3,5-9H2,1H3/b25-17-;/t20-,29?,31?;/m0./s1. The van der Waals surface area contributed by atoms with Crippen LogP contribution in [0.3, 0.4) is 0 Å². The van der Waals surface area contributed by atoms with E-state index in [1.54, 1.807) is 11.0 Å². The number of hydrogen-bond acceptors (Lipinski definition) is 8. The van der Waals surface area contributed by atoms with Gasteiger partial charge in [-0.25, -0.2) is 9.59 Å². The predicted octanol–water partition coefficient (Wildman–Crippen LogP) is 7.46. The molecule has 9 nitrogen and oxygen atoms in total. The van der Waals surface area contributed by atoms with E-state index in [0.29, 0.717) is 25.2 Å². The van der Waals surface area contributed by atoms with Crippen LogP contribution >= 0.6 is 0 Å². The number of ether oxygens (including phenoxy) is 4. The number of unbranched alkanes of at least 4 members (excludes halogenated alkanes) is 3. The molecular formula is C43H55NO8. The van der Waals surface area contributed by atoms with E-state index in [9.17, 15) is 19.5 Å². The Bertz CT molecular complexity index is 1670. The summed E-state index contributed by atoms with van der Waals surface area (Å²) in [6.07, 6.45) is 11.2. The predicted molar refractivity (Wildman–Crippen MR) is 203 cm³/mol. The largest absolute Gasteiger partial charge is 0.488 e. The second-order valence-electron chi connectivity index (χ2n) is 13.7. The van der Waals surface area contributed by atoms with Crippen LogP contribution in [-0.4, -0.2) is 74.0 Å². The minimum atomic E-state index is -0.555. The first-order valence-electron chi connectivity index (χ1n) is 18.5. The van der Waals surface area contributed by atoms with Crippen molar-refractivity contribution in [3.8, 4) is 16.9 Å². The van der Waals surface area contributed by atoms with Crippen LogP contribution in [0.5, 0.6) is 5.75 Å². The van der Waals surface area contributed by atoms with Crippen LogP contribution in [-0.2, 0) is 35.0 Å². The maximum Gasteiger partial charge on any atom is 0.355 e. The van der Waals surface area contributed by atoms with Gasteiger partial charge >= 0.3 is 11.9 Å². The van der Waals surface area contributed by atoms with Crippen LogP contribution in [0.1, 0.15) is 76.5 Å². The molecule has 9 heteroatoms. The van der Waals surface area contributed by atoms with Crippen LogP contribution in [0.25, 0.3) is 16.7 Å². The van der Waals surface area contributed by atoms with Gasteiger partial charge in [-0.3, -0.25) is 4.79 Å². The molecule has 3 atom stereocenters. The van der Waals surface area contributed by atoms with Crippen LogP contribution in [0, 0.1) is 17.8 Å². The molecule has 1 N–H and O–H groups in total. The molecule has 5 rings (SSSR count). The highest BCUT2D eigenvalue weighted by Gasteiger charge is 2.59. The first-order chi connectivity index (χ1) is 25.1. The highest BCUT2D eigenvalue weighted by molar-refractivity contribution is 6.08. The SMILES string of the molecule is C=CCOC(=O)C1=C(COc2cccc3c2-c2ccc(CCCO)cc2/C3=C\C(=O)OC)[C@H](C)C2C(C(C)C)C(=O)N12.C=CCOCCCCCC. The number of rotatable bonds is 18. The van der Waals surface area contributed by atoms with E-state index in [0.717, 1.165) is 45.6 Å². The van der Waals surface area contributed by atoms with Crippen molar-refractivity contribution in [3.05, 3.63) is 95.7 Å². The van der Waals surface area contributed by atoms with Crippen molar-refractivity contribution in [3.63, 3.8) is 0 Å². The number of hydrogen-bond donors (Lipinski definition) is 1. The molecule has 52 heavy (non-hydrogen) atoms. The molecule has 280 valence electrons. The number of carbonyl (C=O) groups excluding carboxylic acids is 3. The molecule has 3 aliphatic rings. The van der Waals surface area contributed by atoms with Gasteiger partial charge in [0.1, 0.15) is 24.7 Å². The molecule has 1 saturated heterocycles. The molecule has 2 heterocycles. The Morgan fingerprint density at radius 2 is 1.77 bits per heavy atom. The number of aliphatic hydroxyl groups is 1. The second kappa shape index (κ2) is 19.4. The van der Waals surface area contributed by atoms with Crippen molar-refractivity contribution in [2.24, 2.45) is 17.8 Å². The van der Waals surface area contributed by atoms with Crippen molar-refractivity contribution in [2.75, 3.05) is 40.1 Å². The van der Waals surface area contributed by atoms with Crippen molar-refractivity contribution in [1.82, 2.24) is 4.90 Å². The molecule has 1 amide bonds. The smallest absolute Gasteiger partial charge is 0.355 e. The van der Waals surface area contributed by atoms with E-state index < -0.39 is 11.9 Å². The lowest BCUT2D eigenvalue weighted by Gasteiger charge is -2.47. The normalized spacial score (nSPS) is 19.0. The van der Waals surface area contributed by atoms with Gasteiger partial charge in [0.05, 0.1) is 25.7 Å². The number of aryl methyl sites for hydroxylation is 1. The third-order valence-corrected chi connectivity index (χ3v) is 9.85. The highest BCUT2D eigenvalue weighted by atomic mass is 16.5. The summed E-state index contributed by atoms with van der Waals surface area (Å²) in [4.78, 5) is 40.3. The van der Waals surface area contributed by atoms with Gasteiger partial charge in [0.15, 0.2) is 0 Å². The van der Waals surface area contributed by atoms with E-state index in [4.69, 9.17) is 18.9 Å². The summed E-state index contributed by atoms with van der Waals surface area (Å²) in [6, 6.07) is 11.6. The summed E-state index contributed by atoms with van der Waals surface area (Å²) in [5.41, 5.74) is 6.27. The highest BCUT2D eigenvalue weighted by Crippen LogP contribution is 2.51. The quantitative estimate of drug-likeness (QED) is 0.0476. The first kappa shape index (κ1) is 40.3. The van der Waals surface area contributed by atoms with Gasteiger partial charge in [-0.2, -0.15) is 0 Å². The summed E-state index contributed by atoms with van der Waals surface area (Å²) in [5.74, 6) is -0.592. The van der Waals surface area contributed by atoms with Gasteiger partial charge in [-0.05, 0) is 59.1 Å². The Morgan fingerprint density at radius 3 is 2.44 bits per heavy atom. The van der Waals surface area contributed by atoms with E-state index >= 15 is 0 Å². The molecule has 0 radical (unpaired) electrons. The minimum Gasteiger partial charge on any atom is -0.488 e. The molecule has 0 bridgehead atoms. The lowest BCUT2D eigenvalue weighted by molar-refractivity contribution is -0.160. The molecule has 1 aliphatic carbocycles. The average molecular weight is 714 g/mol. The molecule has 2 aliphatic heterocycles. The van der Waals surface area contributed by atoms with Crippen LogP contribution < -0.4 is 4.74 Å². The Balaban J connectivity index is 0.000000530. The maximum absolute atomic E-state index is 13.2. The Hall–Kier alpha value is -4.47. The third kappa shape index (κ3) is 8.93. The number of esters is 2. The Kier molecular flexibility index (Phi) is 15.0. The molecule has 2 aromatic rings. The summed E-state index contributed by atoms with van der Waals surface area (Å²) in [7, 11) is 1.35. The molecule has 2 unspecified atom stereocenters. The van der Waals surface area contributed by atoms with E-state index in [-0.39, 0.29) is 55.2 Å². The number of fused-ring (bicyclic) bond motifs is 4. The average Bonchev–Trinajstić information content (AvgIpc) is 3.58. The van der Waals surface area contributed by atoms with Gasteiger partial charge in [-0.15, -0.1) is 6.58 Å². The summed E-state index contributed by atoms with van der Waals surface area (Å²) in [5, 5.41) is 9.31. The maximum atomic E-state index is 13.2. The zero-order valence-corrected chi connectivity index (χ0v) is 31.5. The van der Waals surface area contributed by atoms with Gasteiger partial charge in [-0.1, -0.05) is 96.0 Å². The number of methoxy groups -OCH3 is 1.